The molecule has 1 N–H and O–H groups in total. The van der Waals surface area contributed by atoms with Gasteiger partial charge in [-0.25, -0.2) is 0 Å². The zero-order chi connectivity index (χ0) is 21.4. The Morgan fingerprint density at radius 2 is 1.90 bits per heavy atom. The molecule has 1 heterocycles. The van der Waals surface area contributed by atoms with E-state index in [9.17, 15) is 19.2 Å². The molecule has 1 saturated heterocycles. The van der Waals surface area contributed by atoms with Crippen molar-refractivity contribution in [1.82, 2.24) is 10.2 Å². The fourth-order valence-electron chi connectivity index (χ4n) is 2.53. The Hall–Kier alpha value is -2.46. The van der Waals surface area contributed by atoms with Crippen LogP contribution in [0.5, 0.6) is 5.75 Å². The second kappa shape index (κ2) is 10.9. The molecule has 2 atom stereocenters. The van der Waals surface area contributed by atoms with E-state index in [1.165, 1.54) is 35.9 Å². The van der Waals surface area contributed by atoms with E-state index < -0.39 is 17.3 Å². The molecule has 0 aliphatic carbocycles. The molecule has 8 nitrogen and oxygen atoms in total. The first-order valence-electron chi connectivity index (χ1n) is 8.68. The summed E-state index contributed by atoms with van der Waals surface area (Å²) in [6.45, 7) is 2.78. The van der Waals surface area contributed by atoms with Gasteiger partial charge in [-0.3, -0.25) is 19.2 Å². The van der Waals surface area contributed by atoms with Crippen molar-refractivity contribution < 1.29 is 28.7 Å². The number of carbonyl (C=O) groups is 4. The van der Waals surface area contributed by atoms with Gasteiger partial charge in [-0.2, -0.15) is 0 Å². The van der Waals surface area contributed by atoms with Crippen LogP contribution in [0.3, 0.4) is 0 Å². The number of para-hydroxylation sites is 1. The Bertz CT molecular complexity index is 799. The number of esters is 1. The highest BCUT2D eigenvalue weighted by Gasteiger charge is 2.49. The molecule has 2 amide bonds. The van der Waals surface area contributed by atoms with E-state index in [0.717, 1.165) is 10.8 Å². The summed E-state index contributed by atoms with van der Waals surface area (Å²) in [4.78, 5) is 48.7. The van der Waals surface area contributed by atoms with Gasteiger partial charge in [0.15, 0.2) is 11.7 Å². The fraction of sp³-hybridized carbons (Fsp3) is 0.368. The summed E-state index contributed by atoms with van der Waals surface area (Å²) in [5, 5.41) is 2.08. The van der Waals surface area contributed by atoms with Gasteiger partial charge in [0.1, 0.15) is 17.7 Å². The second-order valence-electron chi connectivity index (χ2n) is 6.14. The van der Waals surface area contributed by atoms with E-state index in [4.69, 9.17) is 4.74 Å². The molecule has 1 aromatic rings. The second-order valence-corrected chi connectivity index (χ2v) is 8.63. The van der Waals surface area contributed by atoms with Crippen LogP contribution in [-0.2, 0) is 23.9 Å². The fourth-order valence-corrected chi connectivity index (χ4v) is 4.84. The van der Waals surface area contributed by atoms with Gasteiger partial charge in [0, 0.05) is 13.1 Å². The Morgan fingerprint density at radius 3 is 2.52 bits per heavy atom. The molecule has 2 unspecified atom stereocenters. The molecule has 29 heavy (non-hydrogen) atoms. The normalized spacial score (nSPS) is 18.7. The van der Waals surface area contributed by atoms with E-state index in [1.54, 1.807) is 31.2 Å². The number of nitrogens with zero attached hydrogens (tertiary/aromatic N) is 1. The van der Waals surface area contributed by atoms with E-state index in [-0.39, 0.29) is 30.1 Å². The lowest BCUT2D eigenvalue weighted by atomic mass is 9.91. The molecule has 1 fully saturated rings. The number of benzene rings is 1. The number of methoxy groups -OCH3 is 1. The molecule has 156 valence electrons. The average Bonchev–Trinajstić information content (AvgIpc) is 2.71. The minimum Gasteiger partial charge on any atom is -0.484 e. The highest BCUT2D eigenvalue weighted by atomic mass is 33.1. The van der Waals surface area contributed by atoms with Gasteiger partial charge >= 0.3 is 5.97 Å². The molecule has 1 aromatic carbocycles. The van der Waals surface area contributed by atoms with E-state index in [0.29, 0.717) is 11.3 Å². The Balaban J connectivity index is 1.95. The minimum absolute atomic E-state index is 0.112. The lowest BCUT2D eigenvalue weighted by Gasteiger charge is -2.46. The molecular weight excluding hydrogens is 416 g/mol. The highest BCUT2D eigenvalue weighted by molar-refractivity contribution is 8.82. The first-order valence-corrected chi connectivity index (χ1v) is 10.9. The molecule has 2 rings (SSSR count). The van der Waals surface area contributed by atoms with Crippen LogP contribution in [0, 0.1) is 5.92 Å². The Kier molecular flexibility index (Phi) is 8.59. The molecule has 1 aliphatic rings. The van der Waals surface area contributed by atoms with Crippen molar-refractivity contribution in [3.05, 3.63) is 42.1 Å². The largest absolute Gasteiger partial charge is 0.484 e. The summed E-state index contributed by atoms with van der Waals surface area (Å²) >= 11 is 0. The lowest BCUT2D eigenvalue weighted by Crippen LogP contribution is -2.61. The van der Waals surface area contributed by atoms with Gasteiger partial charge in [-0.1, -0.05) is 29.0 Å². The summed E-state index contributed by atoms with van der Waals surface area (Å²) in [7, 11) is 3.45. The van der Waals surface area contributed by atoms with E-state index in [2.05, 4.69) is 10.1 Å². The standard InChI is InChI=1S/C19H22N2O6S2/c1-12(9-20-15(23)11-27-14-7-5-4-6-8-14)17-18(25)21(10-16(24)26-3)19(17)29-28-13(2)22/h4-9,17,19H,10-11H2,1-3H3,(H,20,23). The molecule has 1 aliphatic heterocycles. The predicted octanol–water partition coefficient (Wildman–Crippen LogP) is 1.97. The summed E-state index contributed by atoms with van der Waals surface area (Å²) in [5.41, 5.74) is 0.617. The van der Waals surface area contributed by atoms with Crippen LogP contribution in [0.2, 0.25) is 0 Å². The maximum Gasteiger partial charge on any atom is 0.325 e. The van der Waals surface area contributed by atoms with Gasteiger partial charge in [0.2, 0.25) is 5.91 Å². The molecule has 0 radical (unpaired) electrons. The summed E-state index contributed by atoms with van der Waals surface area (Å²) in [5.74, 6) is -1.14. The number of ether oxygens (including phenoxy) is 2. The van der Waals surface area contributed by atoms with Crippen molar-refractivity contribution >= 4 is 44.5 Å². The Morgan fingerprint density at radius 1 is 1.21 bits per heavy atom. The third kappa shape index (κ3) is 6.53. The van der Waals surface area contributed by atoms with Gasteiger partial charge in [0.05, 0.1) is 13.0 Å². The van der Waals surface area contributed by atoms with Crippen LogP contribution >= 0.6 is 21.6 Å². The van der Waals surface area contributed by atoms with Crippen molar-refractivity contribution in [1.29, 1.82) is 0 Å². The summed E-state index contributed by atoms with van der Waals surface area (Å²) < 4.78 is 9.98. The van der Waals surface area contributed by atoms with Gasteiger partial charge in [0.25, 0.3) is 5.91 Å². The molecule has 0 bridgehead atoms. The van der Waals surface area contributed by atoms with E-state index >= 15 is 0 Å². The van der Waals surface area contributed by atoms with Crippen molar-refractivity contribution in [3.8, 4) is 5.75 Å². The number of likely N-dealkylation sites (tertiary alicyclic amines) is 1. The zero-order valence-corrected chi connectivity index (χ0v) is 17.9. The third-order valence-electron chi connectivity index (χ3n) is 4.00. The quantitative estimate of drug-likeness (QED) is 0.355. The van der Waals surface area contributed by atoms with Crippen LogP contribution in [0.1, 0.15) is 13.8 Å². The summed E-state index contributed by atoms with van der Waals surface area (Å²) in [6, 6.07) is 8.93. The van der Waals surface area contributed by atoms with Crippen LogP contribution < -0.4 is 10.1 Å². The topological polar surface area (TPSA) is 102 Å². The molecule has 0 saturated carbocycles. The Labute approximate surface area is 176 Å². The lowest BCUT2D eigenvalue weighted by molar-refractivity contribution is -0.157. The maximum atomic E-state index is 12.5. The first-order chi connectivity index (χ1) is 13.8. The number of amides is 2. The number of hydrogen-bond acceptors (Lipinski definition) is 8. The minimum atomic E-state index is -0.549. The number of rotatable bonds is 9. The third-order valence-corrected chi connectivity index (χ3v) is 6.64. The van der Waals surface area contributed by atoms with Gasteiger partial charge in [-0.05, 0) is 35.4 Å². The average molecular weight is 439 g/mol. The summed E-state index contributed by atoms with van der Waals surface area (Å²) in [6.07, 6.45) is 1.46. The molecular formula is C19H22N2O6S2. The number of hydrogen-bond donors (Lipinski definition) is 1. The van der Waals surface area contributed by atoms with Crippen molar-refractivity contribution in [3.63, 3.8) is 0 Å². The van der Waals surface area contributed by atoms with E-state index in [1.807, 2.05) is 6.07 Å². The van der Waals surface area contributed by atoms with Crippen molar-refractivity contribution in [2.75, 3.05) is 20.3 Å². The zero-order valence-electron chi connectivity index (χ0n) is 16.2. The van der Waals surface area contributed by atoms with Crippen LogP contribution in [0.15, 0.2) is 42.1 Å². The molecule has 0 aromatic heterocycles. The van der Waals surface area contributed by atoms with Gasteiger partial charge < -0.3 is 19.7 Å². The number of nitrogens with one attached hydrogen (secondary N) is 1. The first kappa shape index (κ1) is 22.8. The van der Waals surface area contributed by atoms with Crippen molar-refractivity contribution in [2.24, 2.45) is 5.92 Å². The monoisotopic (exact) mass is 438 g/mol. The number of carbonyl (C=O) groups excluding carboxylic acids is 4. The van der Waals surface area contributed by atoms with Crippen LogP contribution in [0.25, 0.3) is 0 Å². The highest BCUT2D eigenvalue weighted by Crippen LogP contribution is 2.44. The van der Waals surface area contributed by atoms with Gasteiger partial charge in [-0.15, -0.1) is 0 Å². The molecule has 10 heteroatoms. The van der Waals surface area contributed by atoms with Crippen LogP contribution in [-0.4, -0.2) is 53.4 Å². The predicted molar refractivity (Wildman–Crippen MR) is 111 cm³/mol. The SMILES string of the molecule is COC(=O)CN1C(=O)C(C(C)=CNC(=O)COc2ccccc2)C1SSC(C)=O. The van der Waals surface area contributed by atoms with Crippen molar-refractivity contribution in [2.45, 2.75) is 19.2 Å². The van der Waals surface area contributed by atoms with Crippen LogP contribution in [0.4, 0.5) is 0 Å². The smallest absolute Gasteiger partial charge is 0.325 e. The molecule has 0 spiro atoms. The maximum absolute atomic E-state index is 12.5. The number of β-lactam (4-membered cyclic amide) rings is 1.